The molecule has 136 valence electrons. The second-order valence-corrected chi connectivity index (χ2v) is 6.81. The average Bonchev–Trinajstić information content (AvgIpc) is 3.33. The lowest BCUT2D eigenvalue weighted by atomic mass is 10.2. The molecular formula is C19H15N3O4S. The monoisotopic (exact) mass is 381 g/mol. The molecule has 2 aromatic heterocycles. The zero-order valence-corrected chi connectivity index (χ0v) is 14.9. The van der Waals surface area contributed by atoms with Crippen LogP contribution in [0.15, 0.2) is 58.7 Å². The van der Waals surface area contributed by atoms with Gasteiger partial charge in [0.05, 0.1) is 17.1 Å². The van der Waals surface area contributed by atoms with Crippen LogP contribution in [0.2, 0.25) is 0 Å². The molecule has 0 radical (unpaired) electrons. The van der Waals surface area contributed by atoms with Crippen molar-refractivity contribution in [3.05, 3.63) is 69.8 Å². The third-order valence-electron chi connectivity index (χ3n) is 4.12. The zero-order valence-electron chi connectivity index (χ0n) is 14.1. The standard InChI is InChI=1S/C19H15N3O4S/c23-17(14-6-7-15(21-18(14)24)16-5-2-10-27-16)20-12-3-1-4-13(11-12)22-8-9-26-19(22)25/h1-7,10-11H,8-9H2,(H,20,23)(H,21,24). The van der Waals surface area contributed by atoms with Crippen LogP contribution in [-0.4, -0.2) is 30.1 Å². The van der Waals surface area contributed by atoms with E-state index in [1.807, 2.05) is 17.5 Å². The van der Waals surface area contributed by atoms with Crippen molar-refractivity contribution in [2.75, 3.05) is 23.4 Å². The smallest absolute Gasteiger partial charge is 0.414 e. The summed E-state index contributed by atoms with van der Waals surface area (Å²) in [5.74, 6) is -0.518. The van der Waals surface area contributed by atoms with E-state index in [2.05, 4.69) is 10.3 Å². The zero-order chi connectivity index (χ0) is 18.8. The van der Waals surface area contributed by atoms with E-state index in [1.165, 1.54) is 22.3 Å². The number of pyridine rings is 1. The summed E-state index contributed by atoms with van der Waals surface area (Å²) in [6.45, 7) is 0.793. The maximum atomic E-state index is 12.5. The molecule has 1 aliphatic heterocycles. The van der Waals surface area contributed by atoms with Crippen LogP contribution in [0.5, 0.6) is 0 Å². The van der Waals surface area contributed by atoms with Crippen molar-refractivity contribution in [1.29, 1.82) is 0 Å². The molecule has 1 fully saturated rings. The number of amides is 2. The Morgan fingerprint density at radius 1 is 1.15 bits per heavy atom. The number of aromatic nitrogens is 1. The fraction of sp³-hybridized carbons (Fsp3) is 0.105. The largest absolute Gasteiger partial charge is 0.447 e. The highest BCUT2D eigenvalue weighted by atomic mass is 32.1. The van der Waals surface area contributed by atoms with Gasteiger partial charge < -0.3 is 15.0 Å². The van der Waals surface area contributed by atoms with Crippen molar-refractivity contribution in [3.8, 4) is 10.6 Å². The molecule has 3 aromatic rings. The van der Waals surface area contributed by atoms with Crippen molar-refractivity contribution in [2.24, 2.45) is 0 Å². The number of carbonyl (C=O) groups excluding carboxylic acids is 2. The van der Waals surface area contributed by atoms with Gasteiger partial charge in [0.2, 0.25) is 0 Å². The summed E-state index contributed by atoms with van der Waals surface area (Å²) < 4.78 is 4.92. The van der Waals surface area contributed by atoms with Gasteiger partial charge in [0, 0.05) is 11.4 Å². The Labute approximate surface area is 158 Å². The van der Waals surface area contributed by atoms with Crippen molar-refractivity contribution < 1.29 is 14.3 Å². The maximum absolute atomic E-state index is 12.5. The van der Waals surface area contributed by atoms with Gasteiger partial charge in [-0.05, 0) is 41.8 Å². The van der Waals surface area contributed by atoms with Gasteiger partial charge in [-0.3, -0.25) is 14.5 Å². The molecule has 2 amide bonds. The van der Waals surface area contributed by atoms with Gasteiger partial charge in [-0.2, -0.15) is 0 Å². The predicted molar refractivity (Wildman–Crippen MR) is 103 cm³/mol. The fourth-order valence-electron chi connectivity index (χ4n) is 2.81. The van der Waals surface area contributed by atoms with Gasteiger partial charge >= 0.3 is 6.09 Å². The summed E-state index contributed by atoms with van der Waals surface area (Å²) in [6.07, 6.45) is -0.418. The van der Waals surface area contributed by atoms with Crippen LogP contribution in [-0.2, 0) is 4.74 Å². The van der Waals surface area contributed by atoms with Crippen LogP contribution in [0.25, 0.3) is 10.6 Å². The number of benzene rings is 1. The molecule has 2 N–H and O–H groups in total. The number of ether oxygens (including phenoxy) is 1. The Morgan fingerprint density at radius 3 is 2.74 bits per heavy atom. The first kappa shape index (κ1) is 17.0. The lowest BCUT2D eigenvalue weighted by Gasteiger charge is -2.14. The quantitative estimate of drug-likeness (QED) is 0.725. The van der Waals surface area contributed by atoms with Gasteiger partial charge in [0.1, 0.15) is 12.2 Å². The summed E-state index contributed by atoms with van der Waals surface area (Å²) in [6, 6.07) is 13.8. The van der Waals surface area contributed by atoms with E-state index in [-0.39, 0.29) is 5.56 Å². The summed E-state index contributed by atoms with van der Waals surface area (Å²) >= 11 is 1.50. The number of rotatable bonds is 4. The number of hydrogen-bond acceptors (Lipinski definition) is 5. The second kappa shape index (κ2) is 7.08. The number of thiophene rings is 1. The summed E-state index contributed by atoms with van der Waals surface area (Å²) in [7, 11) is 0. The van der Waals surface area contributed by atoms with Crippen LogP contribution in [0, 0.1) is 0 Å². The van der Waals surface area contributed by atoms with Crippen molar-refractivity contribution >= 4 is 34.7 Å². The summed E-state index contributed by atoms with van der Waals surface area (Å²) in [5.41, 5.74) is 1.33. The van der Waals surface area contributed by atoms with Gasteiger partial charge in [-0.15, -0.1) is 11.3 Å². The molecule has 0 unspecified atom stereocenters. The van der Waals surface area contributed by atoms with E-state index in [4.69, 9.17) is 4.74 Å². The minimum absolute atomic E-state index is 0.0151. The number of cyclic esters (lactones) is 1. The summed E-state index contributed by atoms with van der Waals surface area (Å²) in [5, 5.41) is 4.61. The van der Waals surface area contributed by atoms with Gasteiger partial charge in [-0.25, -0.2) is 4.79 Å². The second-order valence-electron chi connectivity index (χ2n) is 5.86. The van der Waals surface area contributed by atoms with Gasteiger partial charge in [0.25, 0.3) is 11.5 Å². The number of nitrogens with one attached hydrogen (secondary N) is 2. The molecular weight excluding hydrogens is 366 g/mol. The maximum Gasteiger partial charge on any atom is 0.414 e. The first-order valence-corrected chi connectivity index (χ1v) is 9.13. The number of anilines is 2. The Balaban J connectivity index is 1.54. The van der Waals surface area contributed by atoms with Crippen molar-refractivity contribution in [2.45, 2.75) is 0 Å². The first-order valence-electron chi connectivity index (χ1n) is 8.25. The summed E-state index contributed by atoms with van der Waals surface area (Å²) in [4.78, 5) is 41.6. The lowest BCUT2D eigenvalue weighted by molar-refractivity contribution is 0.102. The number of nitrogens with zero attached hydrogens (tertiary/aromatic N) is 1. The van der Waals surface area contributed by atoms with Crippen molar-refractivity contribution in [1.82, 2.24) is 4.98 Å². The SMILES string of the molecule is O=C(Nc1cccc(N2CCOC2=O)c1)c1ccc(-c2cccs2)[nH]c1=O. The average molecular weight is 381 g/mol. The van der Waals surface area contributed by atoms with Crippen LogP contribution in [0.3, 0.4) is 0 Å². The topological polar surface area (TPSA) is 91.5 Å². The molecule has 1 aliphatic rings. The molecule has 4 rings (SSSR count). The van der Waals surface area contributed by atoms with E-state index < -0.39 is 17.6 Å². The molecule has 0 aliphatic carbocycles. The Kier molecular flexibility index (Phi) is 4.47. The van der Waals surface area contributed by atoms with E-state index in [1.54, 1.807) is 30.3 Å². The molecule has 0 bridgehead atoms. The number of carbonyl (C=O) groups is 2. The van der Waals surface area contributed by atoms with E-state index in [0.717, 1.165) is 4.88 Å². The van der Waals surface area contributed by atoms with E-state index >= 15 is 0 Å². The number of hydrogen-bond donors (Lipinski definition) is 2. The lowest BCUT2D eigenvalue weighted by Crippen LogP contribution is -2.24. The van der Waals surface area contributed by atoms with Gasteiger partial charge in [-0.1, -0.05) is 12.1 Å². The molecule has 3 heterocycles. The van der Waals surface area contributed by atoms with Crippen LogP contribution < -0.4 is 15.8 Å². The molecule has 1 aromatic carbocycles. The van der Waals surface area contributed by atoms with Crippen molar-refractivity contribution in [3.63, 3.8) is 0 Å². The molecule has 8 heteroatoms. The third-order valence-corrected chi connectivity index (χ3v) is 5.02. The number of H-pyrrole nitrogens is 1. The molecule has 7 nitrogen and oxygen atoms in total. The molecule has 0 saturated carbocycles. The highest BCUT2D eigenvalue weighted by Gasteiger charge is 2.23. The number of aromatic amines is 1. The highest BCUT2D eigenvalue weighted by Crippen LogP contribution is 2.23. The van der Waals surface area contributed by atoms with E-state index in [0.29, 0.717) is 30.2 Å². The minimum Gasteiger partial charge on any atom is -0.447 e. The minimum atomic E-state index is -0.518. The third kappa shape index (κ3) is 3.47. The van der Waals surface area contributed by atoms with Crippen LogP contribution in [0.1, 0.15) is 10.4 Å². The van der Waals surface area contributed by atoms with Crippen LogP contribution in [0.4, 0.5) is 16.2 Å². The fourth-order valence-corrected chi connectivity index (χ4v) is 3.51. The molecule has 27 heavy (non-hydrogen) atoms. The molecule has 0 spiro atoms. The molecule has 0 atom stereocenters. The highest BCUT2D eigenvalue weighted by molar-refractivity contribution is 7.13. The Morgan fingerprint density at radius 2 is 2.04 bits per heavy atom. The Bertz CT molecular complexity index is 1060. The first-order chi connectivity index (χ1) is 13.1. The molecule has 1 saturated heterocycles. The Hall–Kier alpha value is -3.39. The normalized spacial score (nSPS) is 13.5. The predicted octanol–water partition coefficient (Wildman–Crippen LogP) is 3.31. The van der Waals surface area contributed by atoms with E-state index in [9.17, 15) is 14.4 Å². The van der Waals surface area contributed by atoms with Gasteiger partial charge in [0.15, 0.2) is 0 Å². The van der Waals surface area contributed by atoms with Crippen LogP contribution >= 0.6 is 11.3 Å².